The number of hydrogen-bond donors (Lipinski definition) is 0. The van der Waals surface area contributed by atoms with Crippen LogP contribution in [0.1, 0.15) is 40.9 Å². The molecule has 1 aromatic carbocycles. The molecule has 0 aliphatic carbocycles. The highest BCUT2D eigenvalue weighted by Crippen LogP contribution is 2.28. The van der Waals surface area contributed by atoms with Crippen LogP contribution in [0.25, 0.3) is 16.2 Å². The van der Waals surface area contributed by atoms with Crippen LogP contribution in [0.2, 0.25) is 0 Å². The van der Waals surface area contributed by atoms with E-state index in [4.69, 9.17) is 9.72 Å². The third-order valence-corrected chi connectivity index (χ3v) is 6.18. The molecule has 2 aromatic heterocycles. The van der Waals surface area contributed by atoms with Crippen molar-refractivity contribution in [2.24, 2.45) is 0 Å². The van der Waals surface area contributed by atoms with Crippen molar-refractivity contribution in [3.05, 3.63) is 46.6 Å². The van der Waals surface area contributed by atoms with Crippen LogP contribution in [0.15, 0.2) is 29.8 Å². The summed E-state index contributed by atoms with van der Waals surface area (Å²) >= 11 is 1.52. The van der Waals surface area contributed by atoms with Gasteiger partial charge in [-0.3, -0.25) is 9.20 Å². The molecule has 1 saturated heterocycles. The highest BCUT2D eigenvalue weighted by molar-refractivity contribution is 7.15. The van der Waals surface area contributed by atoms with Crippen LogP contribution in [-0.2, 0) is 4.74 Å². The Hall–Kier alpha value is -2.18. The molecular formula is C21H25N3O2S. The number of aromatic nitrogens is 2. The first-order valence-corrected chi connectivity index (χ1v) is 10.3. The first-order chi connectivity index (χ1) is 13.1. The number of imidazole rings is 1. The predicted octanol–water partition coefficient (Wildman–Crippen LogP) is 4.32. The summed E-state index contributed by atoms with van der Waals surface area (Å²) in [4.78, 5) is 20.9. The fourth-order valence-electron chi connectivity index (χ4n) is 3.86. The lowest BCUT2D eigenvalue weighted by atomic mass is 10.0. The molecule has 27 heavy (non-hydrogen) atoms. The summed E-state index contributed by atoms with van der Waals surface area (Å²) in [5, 5.41) is 1.93. The monoisotopic (exact) mass is 383 g/mol. The average Bonchev–Trinajstić information content (AvgIpc) is 3.24. The molecule has 0 unspecified atom stereocenters. The van der Waals surface area contributed by atoms with E-state index in [9.17, 15) is 4.79 Å². The number of piperidine rings is 1. The van der Waals surface area contributed by atoms with Gasteiger partial charge in [-0.05, 0) is 44.7 Å². The standard InChI is InChI=1S/C21H25N3O2S/c1-14-7-8-15(2)17(10-14)18-11-24-19(13-27-21(24)22-18)20(25)23-9-5-4-6-16(23)12-26-3/h7-8,10-11,13,16H,4-6,9,12H2,1-3H3/t16-/m0/s1. The largest absolute Gasteiger partial charge is 0.383 e. The maximum atomic E-state index is 13.3. The lowest BCUT2D eigenvalue weighted by Gasteiger charge is -2.35. The summed E-state index contributed by atoms with van der Waals surface area (Å²) in [6.45, 7) is 5.57. The van der Waals surface area contributed by atoms with Gasteiger partial charge in [-0.25, -0.2) is 4.98 Å². The molecule has 0 N–H and O–H groups in total. The van der Waals surface area contributed by atoms with Crippen molar-refractivity contribution < 1.29 is 9.53 Å². The number of ether oxygens (including phenoxy) is 1. The Bertz CT molecular complexity index is 973. The molecule has 0 spiro atoms. The molecule has 0 radical (unpaired) electrons. The van der Waals surface area contributed by atoms with Crippen molar-refractivity contribution in [3.8, 4) is 11.3 Å². The number of carbonyl (C=O) groups excluding carboxylic acids is 1. The molecule has 1 fully saturated rings. The summed E-state index contributed by atoms with van der Waals surface area (Å²) in [6.07, 6.45) is 5.20. The Morgan fingerprint density at radius 3 is 3.00 bits per heavy atom. The molecule has 1 amide bonds. The molecule has 142 valence electrons. The quantitative estimate of drug-likeness (QED) is 0.674. The minimum absolute atomic E-state index is 0.0768. The summed E-state index contributed by atoms with van der Waals surface area (Å²) in [6, 6.07) is 6.54. The van der Waals surface area contributed by atoms with Gasteiger partial charge in [0.2, 0.25) is 0 Å². The number of rotatable bonds is 4. The molecule has 6 heteroatoms. The van der Waals surface area contributed by atoms with Gasteiger partial charge in [0, 0.05) is 30.8 Å². The van der Waals surface area contributed by atoms with Crippen LogP contribution in [0.4, 0.5) is 0 Å². The van der Waals surface area contributed by atoms with Gasteiger partial charge in [0.1, 0.15) is 5.69 Å². The first kappa shape index (κ1) is 18.2. The van der Waals surface area contributed by atoms with E-state index < -0.39 is 0 Å². The molecule has 4 rings (SSSR count). The van der Waals surface area contributed by atoms with Crippen molar-refractivity contribution in [1.82, 2.24) is 14.3 Å². The highest BCUT2D eigenvalue weighted by atomic mass is 32.1. The van der Waals surface area contributed by atoms with Gasteiger partial charge in [-0.2, -0.15) is 0 Å². The number of aryl methyl sites for hydroxylation is 2. The molecule has 1 aliphatic rings. The molecule has 0 saturated carbocycles. The van der Waals surface area contributed by atoms with Crippen LogP contribution in [-0.4, -0.2) is 46.5 Å². The van der Waals surface area contributed by atoms with Crippen LogP contribution < -0.4 is 0 Å². The number of fused-ring (bicyclic) bond motifs is 1. The number of carbonyl (C=O) groups is 1. The average molecular weight is 384 g/mol. The maximum absolute atomic E-state index is 13.3. The van der Waals surface area contributed by atoms with E-state index in [-0.39, 0.29) is 11.9 Å². The summed E-state index contributed by atoms with van der Waals surface area (Å²) in [5.74, 6) is 0.0768. The maximum Gasteiger partial charge on any atom is 0.272 e. The third-order valence-electron chi connectivity index (χ3n) is 5.34. The summed E-state index contributed by atoms with van der Waals surface area (Å²) in [5.41, 5.74) is 5.14. The molecule has 3 aromatic rings. The minimum atomic E-state index is 0.0768. The van der Waals surface area contributed by atoms with Gasteiger partial charge in [-0.1, -0.05) is 17.7 Å². The molecule has 0 bridgehead atoms. The van der Waals surface area contributed by atoms with E-state index in [0.29, 0.717) is 12.3 Å². The number of nitrogens with zero attached hydrogens (tertiary/aromatic N) is 3. The molecule has 1 atom stereocenters. The third kappa shape index (κ3) is 3.39. The van der Waals surface area contributed by atoms with E-state index in [0.717, 1.165) is 42.0 Å². The van der Waals surface area contributed by atoms with Gasteiger partial charge >= 0.3 is 0 Å². The second-order valence-corrected chi connectivity index (χ2v) is 8.16. The van der Waals surface area contributed by atoms with Crippen LogP contribution in [0.5, 0.6) is 0 Å². The zero-order chi connectivity index (χ0) is 19.0. The Balaban J connectivity index is 1.69. The Kier molecular flexibility index (Phi) is 5.02. The molecule has 5 nitrogen and oxygen atoms in total. The Morgan fingerprint density at radius 1 is 1.33 bits per heavy atom. The van der Waals surface area contributed by atoms with Gasteiger partial charge in [-0.15, -0.1) is 11.3 Å². The molecule has 1 aliphatic heterocycles. The fourth-order valence-corrected chi connectivity index (χ4v) is 4.71. The van der Waals surface area contributed by atoms with Gasteiger partial charge < -0.3 is 9.64 Å². The van der Waals surface area contributed by atoms with Gasteiger partial charge in [0.25, 0.3) is 5.91 Å². The zero-order valence-electron chi connectivity index (χ0n) is 16.1. The van der Waals surface area contributed by atoms with Crippen molar-refractivity contribution in [2.45, 2.75) is 39.2 Å². The van der Waals surface area contributed by atoms with Gasteiger partial charge in [0.05, 0.1) is 18.3 Å². The van der Waals surface area contributed by atoms with E-state index in [1.165, 1.54) is 22.5 Å². The topological polar surface area (TPSA) is 46.8 Å². The zero-order valence-corrected chi connectivity index (χ0v) is 16.9. The fraction of sp³-hybridized carbons (Fsp3) is 0.429. The number of benzene rings is 1. The van der Waals surface area contributed by atoms with E-state index >= 15 is 0 Å². The SMILES string of the molecule is COC[C@@H]1CCCCN1C(=O)c1csc2nc(-c3cc(C)ccc3C)cn12. The van der Waals surface area contributed by atoms with Gasteiger partial charge in [0.15, 0.2) is 4.96 Å². The Morgan fingerprint density at radius 2 is 2.19 bits per heavy atom. The van der Waals surface area contributed by atoms with E-state index in [1.54, 1.807) is 7.11 Å². The van der Waals surface area contributed by atoms with E-state index in [1.807, 2.05) is 20.9 Å². The summed E-state index contributed by atoms with van der Waals surface area (Å²) in [7, 11) is 1.70. The lowest BCUT2D eigenvalue weighted by Crippen LogP contribution is -2.46. The smallest absolute Gasteiger partial charge is 0.272 e. The van der Waals surface area contributed by atoms with Crippen LogP contribution >= 0.6 is 11.3 Å². The van der Waals surface area contributed by atoms with Crippen LogP contribution in [0, 0.1) is 13.8 Å². The van der Waals surface area contributed by atoms with Crippen molar-refractivity contribution in [1.29, 1.82) is 0 Å². The van der Waals surface area contributed by atoms with Crippen molar-refractivity contribution in [3.63, 3.8) is 0 Å². The minimum Gasteiger partial charge on any atom is -0.383 e. The summed E-state index contributed by atoms with van der Waals surface area (Å²) < 4.78 is 7.29. The molecule has 3 heterocycles. The number of amides is 1. The second-order valence-electron chi connectivity index (χ2n) is 7.32. The number of methoxy groups -OCH3 is 1. The number of hydrogen-bond acceptors (Lipinski definition) is 4. The van der Waals surface area contributed by atoms with E-state index in [2.05, 4.69) is 32.0 Å². The second kappa shape index (κ2) is 7.44. The number of likely N-dealkylation sites (tertiary alicyclic amines) is 1. The highest BCUT2D eigenvalue weighted by Gasteiger charge is 2.29. The van der Waals surface area contributed by atoms with Crippen molar-refractivity contribution in [2.75, 3.05) is 20.3 Å². The van der Waals surface area contributed by atoms with Crippen LogP contribution in [0.3, 0.4) is 0 Å². The molecular weight excluding hydrogens is 358 g/mol. The number of thiazole rings is 1. The predicted molar refractivity (Wildman–Crippen MR) is 109 cm³/mol. The first-order valence-electron chi connectivity index (χ1n) is 9.42. The van der Waals surface area contributed by atoms with Crippen molar-refractivity contribution >= 4 is 22.2 Å². The lowest BCUT2D eigenvalue weighted by molar-refractivity contribution is 0.0422. The normalized spacial score (nSPS) is 17.6. The Labute approximate surface area is 163 Å².